The molecule has 0 radical (unpaired) electrons. The van der Waals surface area contributed by atoms with Crippen LogP contribution in [0.3, 0.4) is 0 Å². The van der Waals surface area contributed by atoms with E-state index in [1.807, 2.05) is 0 Å². The first-order chi connectivity index (χ1) is 12.3. The molecule has 5 saturated carbocycles. The van der Waals surface area contributed by atoms with Crippen molar-refractivity contribution in [3.05, 3.63) is 0 Å². The lowest BCUT2D eigenvalue weighted by Gasteiger charge is -2.61. The summed E-state index contributed by atoms with van der Waals surface area (Å²) in [4.78, 5) is 0. The van der Waals surface area contributed by atoms with Gasteiger partial charge in [-0.05, 0) is 92.3 Å². The summed E-state index contributed by atoms with van der Waals surface area (Å²) in [6, 6.07) is 0. The molecule has 3 heteroatoms. The molecule has 0 saturated heterocycles. The zero-order valence-electron chi connectivity index (χ0n) is 16.2. The Bertz CT molecular complexity index is 664. The van der Waals surface area contributed by atoms with E-state index in [1.165, 1.54) is 25.7 Å². The van der Waals surface area contributed by atoms with Crippen LogP contribution >= 0.6 is 0 Å². The van der Waals surface area contributed by atoms with Crippen molar-refractivity contribution < 1.29 is 15.3 Å². The molecule has 144 valence electrons. The first-order valence-electron chi connectivity index (χ1n) is 10.9. The molecular weight excluding hydrogens is 324 g/mol. The molecule has 26 heavy (non-hydrogen) atoms. The van der Waals surface area contributed by atoms with Crippen LogP contribution in [0.1, 0.15) is 65.2 Å². The Balaban J connectivity index is 1.46. The molecule has 0 heterocycles. The third-order valence-electron chi connectivity index (χ3n) is 10.1. The Hall–Kier alpha value is -0.560. The van der Waals surface area contributed by atoms with Gasteiger partial charge in [-0.15, -0.1) is 0 Å². The Labute approximate surface area is 157 Å². The zero-order valence-corrected chi connectivity index (χ0v) is 16.2. The van der Waals surface area contributed by atoms with Crippen LogP contribution in [0.4, 0.5) is 0 Å². The van der Waals surface area contributed by atoms with Gasteiger partial charge in [0, 0.05) is 5.41 Å². The van der Waals surface area contributed by atoms with Crippen molar-refractivity contribution in [1.82, 2.24) is 0 Å². The molecule has 1 unspecified atom stereocenters. The van der Waals surface area contributed by atoms with Crippen molar-refractivity contribution in [2.45, 2.75) is 76.9 Å². The van der Waals surface area contributed by atoms with Crippen LogP contribution in [0, 0.1) is 58.2 Å². The minimum atomic E-state index is -0.923. The molecule has 0 amide bonds. The normalized spacial score (nSPS) is 60.0. The monoisotopic (exact) mass is 358 g/mol. The van der Waals surface area contributed by atoms with Crippen molar-refractivity contribution >= 4 is 0 Å². The number of hydrogen-bond acceptors (Lipinski definition) is 3. The van der Waals surface area contributed by atoms with Gasteiger partial charge in [-0.25, -0.2) is 0 Å². The number of aliphatic hydroxyl groups excluding tert-OH is 2. The Morgan fingerprint density at radius 2 is 1.69 bits per heavy atom. The second-order valence-electron chi connectivity index (χ2n) is 10.6. The van der Waals surface area contributed by atoms with Crippen molar-refractivity contribution in [3.63, 3.8) is 0 Å². The van der Waals surface area contributed by atoms with E-state index in [4.69, 9.17) is 5.11 Å². The largest absolute Gasteiger partial charge is 0.393 e. The predicted octanol–water partition coefficient (Wildman–Crippen LogP) is 2.97. The minimum absolute atomic E-state index is 0.0474. The second-order valence-corrected chi connectivity index (χ2v) is 10.6. The van der Waals surface area contributed by atoms with E-state index in [9.17, 15) is 10.2 Å². The number of aliphatic hydroxyl groups is 3. The summed E-state index contributed by atoms with van der Waals surface area (Å²) in [5.74, 6) is 9.84. The van der Waals surface area contributed by atoms with Crippen LogP contribution in [-0.2, 0) is 0 Å². The van der Waals surface area contributed by atoms with Crippen molar-refractivity contribution in [1.29, 1.82) is 0 Å². The van der Waals surface area contributed by atoms with Crippen molar-refractivity contribution in [2.24, 2.45) is 46.3 Å². The summed E-state index contributed by atoms with van der Waals surface area (Å²) in [5.41, 5.74) is -0.643. The van der Waals surface area contributed by atoms with Gasteiger partial charge in [0.25, 0.3) is 0 Å². The van der Waals surface area contributed by atoms with Gasteiger partial charge in [-0.3, -0.25) is 0 Å². The fraction of sp³-hybridized carbons (Fsp3) is 0.913. The number of rotatable bonds is 0. The van der Waals surface area contributed by atoms with E-state index in [0.717, 1.165) is 37.5 Å². The Morgan fingerprint density at radius 1 is 0.923 bits per heavy atom. The highest BCUT2D eigenvalue weighted by atomic mass is 16.3. The minimum Gasteiger partial charge on any atom is -0.393 e. The predicted molar refractivity (Wildman–Crippen MR) is 99.9 cm³/mol. The fourth-order valence-electron chi connectivity index (χ4n) is 8.65. The molecular formula is C23H34O3. The SMILES string of the molecule is C[C@]12[C@@H](CC[C@@H]3[C@@H]1CC[C@@]1(C)[C@H]3CC[C@@]1(O)C#CCO)CC(O)[C@@H]1C[C@@H]12. The molecule has 5 rings (SSSR count). The maximum Gasteiger partial charge on any atom is 0.131 e. The van der Waals surface area contributed by atoms with Crippen molar-refractivity contribution in [2.75, 3.05) is 6.61 Å². The van der Waals surface area contributed by atoms with E-state index in [-0.39, 0.29) is 18.1 Å². The van der Waals surface area contributed by atoms with Gasteiger partial charge in [0.1, 0.15) is 12.2 Å². The summed E-state index contributed by atoms with van der Waals surface area (Å²) in [5, 5.41) is 30.9. The number of hydrogen-bond donors (Lipinski definition) is 3. The molecule has 0 bridgehead atoms. The third kappa shape index (κ3) is 2.02. The Morgan fingerprint density at radius 3 is 2.46 bits per heavy atom. The van der Waals surface area contributed by atoms with Gasteiger partial charge in [0.15, 0.2) is 0 Å². The summed E-state index contributed by atoms with van der Waals surface area (Å²) in [6.45, 7) is 4.66. The van der Waals surface area contributed by atoms with Crippen molar-refractivity contribution in [3.8, 4) is 11.8 Å². The molecule has 10 atom stereocenters. The molecule has 5 fully saturated rings. The smallest absolute Gasteiger partial charge is 0.131 e. The number of fused-ring (bicyclic) bond motifs is 7. The van der Waals surface area contributed by atoms with Gasteiger partial charge < -0.3 is 15.3 Å². The topological polar surface area (TPSA) is 60.7 Å². The first-order valence-corrected chi connectivity index (χ1v) is 10.9. The molecule has 0 spiro atoms. The van der Waals surface area contributed by atoms with E-state index < -0.39 is 5.60 Å². The highest BCUT2D eigenvalue weighted by Crippen LogP contribution is 2.73. The quantitative estimate of drug-likeness (QED) is 0.584. The van der Waals surface area contributed by atoms with Crippen LogP contribution in [-0.4, -0.2) is 33.6 Å². The van der Waals surface area contributed by atoms with E-state index in [2.05, 4.69) is 25.7 Å². The van der Waals surface area contributed by atoms with Gasteiger partial charge in [0.2, 0.25) is 0 Å². The summed E-state index contributed by atoms with van der Waals surface area (Å²) >= 11 is 0. The average molecular weight is 359 g/mol. The molecule has 0 aliphatic heterocycles. The van der Waals surface area contributed by atoms with Gasteiger partial charge in [0.05, 0.1) is 6.10 Å². The van der Waals surface area contributed by atoms with Crippen LogP contribution in [0.2, 0.25) is 0 Å². The lowest BCUT2D eigenvalue weighted by atomic mass is 9.44. The fourth-order valence-corrected chi connectivity index (χ4v) is 8.65. The molecule has 0 aromatic carbocycles. The summed E-state index contributed by atoms with van der Waals surface area (Å²) in [7, 11) is 0. The molecule has 5 aliphatic carbocycles. The van der Waals surface area contributed by atoms with Gasteiger partial charge in [-0.2, -0.15) is 0 Å². The van der Waals surface area contributed by atoms with Crippen LogP contribution in [0.25, 0.3) is 0 Å². The van der Waals surface area contributed by atoms with Crippen LogP contribution in [0.15, 0.2) is 0 Å². The standard InChI is InChI=1S/C23H34O3/c1-21-9-6-18-15(17(21)7-10-23(21,26)8-3-11-24)5-4-14-12-20(25)16-13-19(16)22(14,18)2/h14-20,24-26H,4-7,9-13H2,1-2H3/t14-,15-,16+,17-,18-,19-,20?,21-,22-,23-/m0/s1. The maximum atomic E-state index is 11.3. The van der Waals surface area contributed by atoms with Gasteiger partial charge in [-0.1, -0.05) is 25.7 Å². The maximum absolute atomic E-state index is 11.3. The first kappa shape index (κ1) is 17.5. The highest BCUT2D eigenvalue weighted by Gasteiger charge is 2.69. The van der Waals surface area contributed by atoms with Crippen LogP contribution in [0.5, 0.6) is 0 Å². The molecule has 3 N–H and O–H groups in total. The molecule has 0 aromatic rings. The zero-order chi connectivity index (χ0) is 18.3. The van der Waals surface area contributed by atoms with E-state index in [1.54, 1.807) is 0 Å². The highest BCUT2D eigenvalue weighted by molar-refractivity contribution is 5.26. The molecule has 5 aliphatic rings. The van der Waals surface area contributed by atoms with E-state index >= 15 is 0 Å². The lowest BCUT2D eigenvalue weighted by Crippen LogP contribution is -2.57. The van der Waals surface area contributed by atoms with Gasteiger partial charge >= 0.3 is 0 Å². The summed E-state index contributed by atoms with van der Waals surface area (Å²) < 4.78 is 0. The molecule has 3 nitrogen and oxygen atoms in total. The van der Waals surface area contributed by atoms with Crippen LogP contribution < -0.4 is 0 Å². The third-order valence-corrected chi connectivity index (χ3v) is 10.1. The Kier molecular flexibility index (Phi) is 3.70. The average Bonchev–Trinajstić information content (AvgIpc) is 3.38. The summed E-state index contributed by atoms with van der Waals surface area (Å²) in [6.07, 6.45) is 8.82. The lowest BCUT2D eigenvalue weighted by molar-refractivity contribution is -0.149. The molecule has 0 aromatic heterocycles. The second kappa shape index (κ2) is 5.49. The van der Waals surface area contributed by atoms with E-state index in [0.29, 0.717) is 29.1 Å².